The van der Waals surface area contributed by atoms with Crippen LogP contribution < -0.4 is 30.9 Å². The highest BCUT2D eigenvalue weighted by Gasteiger charge is 2.45. The first-order valence-electron chi connectivity index (χ1n) is 37.8. The van der Waals surface area contributed by atoms with Crippen LogP contribution >= 0.6 is 0 Å². The molecule has 0 radical (unpaired) electrons. The number of Topliss-reactive ketones (excluding diaryl/α,β-unsaturated/α-hetero) is 2. The number of carboxylic acids is 3. The van der Waals surface area contributed by atoms with Gasteiger partial charge in [0.2, 0.25) is 17.5 Å². The van der Waals surface area contributed by atoms with E-state index in [2.05, 4.69) is 94.9 Å². The van der Waals surface area contributed by atoms with Crippen molar-refractivity contribution in [3.8, 4) is 5.75 Å². The summed E-state index contributed by atoms with van der Waals surface area (Å²) in [5.41, 5.74) is 9.09. The largest absolute Gasteiger partial charge is 0.481 e. The number of carbonyl (C=O) groups excluding carboxylic acids is 7. The molecule has 32 nitrogen and oxygen atoms in total. The Bertz CT molecular complexity index is 5010. The maximum absolute atomic E-state index is 14.3. The van der Waals surface area contributed by atoms with Crippen LogP contribution in [0.5, 0.6) is 5.75 Å². The van der Waals surface area contributed by atoms with Crippen molar-refractivity contribution in [2.75, 3.05) is 36.0 Å². The van der Waals surface area contributed by atoms with Crippen LogP contribution in [0.4, 0.5) is 16.2 Å². The number of unbranched alkanes of at least 4 members (excludes halogenated alkanes) is 3. The van der Waals surface area contributed by atoms with Crippen LogP contribution in [-0.4, -0.2) is 180 Å². The van der Waals surface area contributed by atoms with Gasteiger partial charge in [0.15, 0.2) is 11.5 Å². The van der Waals surface area contributed by atoms with Crippen molar-refractivity contribution < 1.29 is 124 Å². The molecule has 8 rings (SSSR count). The number of rotatable bonds is 42. The molecule has 0 unspecified atom stereocenters. The maximum Gasteiger partial charge on any atom is 0.425 e. The molecule has 3 aliphatic rings. The van der Waals surface area contributed by atoms with Crippen molar-refractivity contribution in [2.24, 2.45) is 5.92 Å². The van der Waals surface area contributed by atoms with Gasteiger partial charge in [0.25, 0.3) is 20.2 Å². The molecule has 0 aromatic heterocycles. The number of anilines is 1. The van der Waals surface area contributed by atoms with Crippen molar-refractivity contribution in [3.05, 3.63) is 208 Å². The summed E-state index contributed by atoms with van der Waals surface area (Å²) in [5, 5.41) is 39.4. The van der Waals surface area contributed by atoms with Crippen molar-refractivity contribution in [3.63, 3.8) is 0 Å². The van der Waals surface area contributed by atoms with Crippen LogP contribution in [0, 0.1) is 5.92 Å². The summed E-state index contributed by atoms with van der Waals surface area (Å²) >= 11 is 0. The summed E-state index contributed by atoms with van der Waals surface area (Å²) < 4.78 is 126. The fourth-order valence-electron chi connectivity index (χ4n) is 14.0. The summed E-state index contributed by atoms with van der Waals surface area (Å²) in [6.07, 6.45) is 11.5. The number of aliphatic carboxylic acids is 3. The Morgan fingerprint density at radius 2 is 1.12 bits per heavy atom. The average molecular weight is 1710 g/mol. The topological polar surface area (TPSA) is 506 Å². The molecule has 118 heavy (non-hydrogen) atoms. The fourth-order valence-corrected chi connectivity index (χ4v) is 15.1. The smallest absolute Gasteiger partial charge is 0.425 e. The van der Waals surface area contributed by atoms with E-state index < -0.39 is 118 Å². The number of ether oxygens (including phenoxy) is 1. The molecular weight excluding hydrogens is 1610 g/mol. The molecule has 5 aromatic carbocycles. The number of nitrogens with one attached hydrogen (secondary N) is 4. The van der Waals surface area contributed by atoms with Gasteiger partial charge in [-0.1, -0.05) is 129 Å². The number of allylic oxidation sites excluding steroid dienone is 7. The van der Waals surface area contributed by atoms with E-state index in [1.54, 1.807) is 84.9 Å². The predicted molar refractivity (Wildman–Crippen MR) is 431 cm³/mol. The molecule has 9 N–H and O–H groups in total. The molecule has 0 saturated carbocycles. The molecule has 2 aliphatic heterocycles. The van der Waals surface area contributed by atoms with E-state index in [1.807, 2.05) is 36.4 Å². The van der Waals surface area contributed by atoms with Gasteiger partial charge in [-0.25, -0.2) is 14.4 Å². The third-order valence-electron chi connectivity index (χ3n) is 19.6. The number of carbonyl (C=O) groups is 8. The minimum Gasteiger partial charge on any atom is -0.481 e. The first-order valence-corrected chi connectivity index (χ1v) is 43.0. The summed E-state index contributed by atoms with van der Waals surface area (Å²) in [7, 11) is -14.5. The second-order valence-corrected chi connectivity index (χ2v) is 33.0. The normalized spacial score (nSPS) is 15.5. The Hall–Kier alpha value is -11.3. The molecule has 0 fully saturated rings. The second kappa shape index (κ2) is 47.8. The zero-order chi connectivity index (χ0) is 87.3. The van der Waals surface area contributed by atoms with Gasteiger partial charge in [0.05, 0.1) is 23.0 Å². The van der Waals surface area contributed by atoms with Crippen LogP contribution in [0.3, 0.4) is 0 Å². The number of para-hydroxylation sites is 2. The Morgan fingerprint density at radius 1 is 0.576 bits per heavy atom. The molecule has 0 spiro atoms. The number of nitrogens with zero attached hydrogens (tertiary/aromatic N) is 2. The van der Waals surface area contributed by atoms with Crippen LogP contribution in [-0.2, 0) is 115 Å². The molecule has 636 valence electrons. The van der Waals surface area contributed by atoms with Gasteiger partial charge >= 0.3 is 51.3 Å². The summed E-state index contributed by atoms with van der Waals surface area (Å²) in [4.78, 5) is 122. The minimum absolute atomic E-state index is 0.0218. The highest BCUT2D eigenvalue weighted by molar-refractivity contribution is 7.86. The number of benzene rings is 5. The Morgan fingerprint density at radius 3 is 1.71 bits per heavy atom. The Labute approximate surface area is 687 Å². The van der Waals surface area contributed by atoms with Crippen molar-refractivity contribution >= 4 is 112 Å². The lowest BCUT2D eigenvalue weighted by molar-refractivity contribution is -0.438. The quantitative estimate of drug-likeness (QED) is 0.0100. The lowest BCUT2D eigenvalue weighted by Crippen LogP contribution is -2.47. The monoisotopic (exact) mass is 1710 g/mol. The molecule has 1 aliphatic carbocycles. The fraction of sp³-hybridized carbons (Fsp3) is 0.415. The zero-order valence-corrected chi connectivity index (χ0v) is 68.9. The Balaban J connectivity index is 0.00000212. The van der Waals surface area contributed by atoms with Gasteiger partial charge in [-0.15, -0.1) is 25.3 Å². The van der Waals surface area contributed by atoms with E-state index in [4.69, 9.17) is 44.7 Å². The van der Waals surface area contributed by atoms with Gasteiger partial charge in [-0.05, 0) is 155 Å². The first-order chi connectivity index (χ1) is 55.7. The van der Waals surface area contributed by atoms with Crippen molar-refractivity contribution in [1.82, 2.24) is 21.3 Å². The van der Waals surface area contributed by atoms with E-state index in [1.165, 1.54) is 0 Å². The van der Waals surface area contributed by atoms with Crippen LogP contribution in [0.2, 0.25) is 0 Å². The molecule has 4 amide bonds. The Kier molecular flexibility index (Phi) is 39.4. The first kappa shape index (κ1) is 97.3. The van der Waals surface area contributed by atoms with E-state index in [0.717, 1.165) is 62.6 Å². The SMILES string of the molecule is CC1(C)C(/C=C/C2=C(Oc3ccc(C[C@H](NC(=O)CCCCC(=O)[C@H](Cc4ccccc4)NC(=O)[C@@H](CC(=O)CC[C@H](NC(=O)NCCCC(=O)O)C(=O)O)Cc4ccccc4)C(=O)O)cc3)C(=C/C=C3/N(CCCCS(=O)(=O)O)c4ccccc4C3(C)C)/CCC2)=[N+](CCCCS(=O)(=O)O)c2ccccc21.O=C=O.O=S(=O)=O.O=S(=O)=O. The van der Waals surface area contributed by atoms with Gasteiger partial charge in [0.1, 0.15) is 35.9 Å². The number of amides is 4. The number of hydrogen-bond acceptors (Lipinski definition) is 22. The van der Waals surface area contributed by atoms with E-state index in [-0.39, 0.29) is 120 Å². The van der Waals surface area contributed by atoms with Crippen LogP contribution in [0.25, 0.3) is 0 Å². The minimum atomic E-state index is -4.15. The predicted octanol–water partition coefficient (Wildman–Crippen LogP) is 8.67. The number of carboxylic acid groups (broad SMARTS) is 3. The standard InChI is InChI=1S/C81H98N6O18S2.CO2.2O3S/c1-80(2)63-29-11-13-31-68(63)86(47-17-19-49-106(99,100)101)71(80)44-38-58-27-21-28-59(39-45-72-81(3,4)64-30-12-14-32-69(64)87(72)48-18-20-50-107(102,103)104)75(58)105-62-41-36-57(37-42-62)53-67(78(96)97)83-73(90)34-16-15-33-70(89)66(52-56-25-9-6-10-26-56)84-76(93)60(51-55-23-7-5-8-24-55)54-61(88)40-43-65(77(94)95)85-79(98)82-46-22-35-74(91)92;2-1-3;2*1-4(2)3/h5-14,23-26,29-32,36-39,41-42,44-45,60,65-67H,15-22,27-28,33-35,40,43,46-54H2,1-4H3,(H8-,82,83,84,85,90,91,92,93,94,95,96,97,98,99,100,101,102,103,104);;;/p+1/t60-,65+,66+,67+;;;/m1.../s1. The van der Waals surface area contributed by atoms with E-state index in [9.17, 15) is 74.5 Å². The highest BCUT2D eigenvalue weighted by atomic mass is 32.2. The van der Waals surface area contributed by atoms with Crippen LogP contribution in [0.15, 0.2) is 180 Å². The third kappa shape index (κ3) is 33.4. The molecule has 0 saturated heterocycles. The summed E-state index contributed by atoms with van der Waals surface area (Å²) in [6.45, 7) is 9.54. The molecule has 5 aromatic rings. The van der Waals surface area contributed by atoms with Gasteiger partial charge < -0.3 is 46.2 Å². The maximum atomic E-state index is 14.3. The van der Waals surface area contributed by atoms with Crippen LogP contribution in [0.1, 0.15) is 158 Å². The van der Waals surface area contributed by atoms with Gasteiger partial charge in [-0.2, -0.15) is 31.0 Å². The number of fused-ring (bicyclic) bond motifs is 2. The summed E-state index contributed by atoms with van der Waals surface area (Å²) in [6, 6.07) is 36.4. The lowest BCUT2D eigenvalue weighted by atomic mass is 9.81. The second-order valence-electron chi connectivity index (χ2n) is 29.0. The summed E-state index contributed by atoms with van der Waals surface area (Å²) in [5.74, 6) is -6.30. The number of hydrogen-bond donors (Lipinski definition) is 9. The third-order valence-corrected chi connectivity index (χ3v) is 21.3. The van der Waals surface area contributed by atoms with E-state index >= 15 is 0 Å². The van der Waals surface area contributed by atoms with Gasteiger partial charge in [0, 0.05) is 98.5 Å². The lowest BCUT2D eigenvalue weighted by Gasteiger charge is -2.27. The zero-order valence-electron chi connectivity index (χ0n) is 65.6. The van der Waals surface area contributed by atoms with Gasteiger partial charge in [-0.3, -0.25) is 33.1 Å². The molecule has 4 atom stereocenters. The molecule has 2 heterocycles. The highest BCUT2D eigenvalue weighted by Crippen LogP contribution is 2.48. The average Bonchev–Trinajstić information content (AvgIpc) is 1.60. The van der Waals surface area contributed by atoms with Crippen molar-refractivity contribution in [1.29, 1.82) is 0 Å². The molecule has 36 heteroatoms. The van der Waals surface area contributed by atoms with Crippen molar-refractivity contribution in [2.45, 2.75) is 179 Å². The molecular formula is C82H99N6O26S4+. The molecule has 0 bridgehead atoms. The number of ketones is 2. The van der Waals surface area contributed by atoms with E-state index in [0.29, 0.717) is 55.8 Å². The number of urea groups is 1.